The molecule has 2 aromatic carbocycles. The van der Waals surface area contributed by atoms with Gasteiger partial charge in [0.2, 0.25) is 0 Å². The van der Waals surface area contributed by atoms with Crippen LogP contribution in [0.5, 0.6) is 0 Å². The minimum absolute atomic E-state index is 0.100. The third-order valence-corrected chi connectivity index (χ3v) is 5.81. The molecule has 0 unspecified atom stereocenters. The van der Waals surface area contributed by atoms with Crippen LogP contribution in [0.1, 0.15) is 20.7 Å². The number of benzene rings is 2. The molecule has 29 heavy (non-hydrogen) atoms. The highest BCUT2D eigenvalue weighted by molar-refractivity contribution is 6.37. The quantitative estimate of drug-likeness (QED) is 0.694. The standard InChI is InChI=1S/C20H19Cl4N3O2/c21-13-1-3-15(17(23)11-13)19(28)25-5-6-26-7-9-27(10-8-26)20(29)16-4-2-14(22)12-18(16)24/h1-4,11-12H,5-10H2,(H,25,28). The second-order valence-electron chi connectivity index (χ2n) is 6.64. The molecule has 0 atom stereocenters. The summed E-state index contributed by atoms with van der Waals surface area (Å²) in [7, 11) is 0. The predicted octanol–water partition coefficient (Wildman–Crippen LogP) is 4.49. The second-order valence-corrected chi connectivity index (χ2v) is 8.33. The summed E-state index contributed by atoms with van der Waals surface area (Å²) >= 11 is 23.9. The topological polar surface area (TPSA) is 52.7 Å². The first-order chi connectivity index (χ1) is 13.8. The molecule has 5 nitrogen and oxygen atoms in total. The maximum absolute atomic E-state index is 12.7. The van der Waals surface area contributed by atoms with Gasteiger partial charge in [-0.1, -0.05) is 46.4 Å². The zero-order valence-electron chi connectivity index (χ0n) is 15.4. The molecule has 1 heterocycles. The van der Waals surface area contributed by atoms with Gasteiger partial charge in [0.1, 0.15) is 0 Å². The molecule has 0 aliphatic carbocycles. The van der Waals surface area contributed by atoms with E-state index in [0.29, 0.717) is 70.5 Å². The highest BCUT2D eigenvalue weighted by atomic mass is 35.5. The molecule has 1 fully saturated rings. The number of rotatable bonds is 5. The maximum Gasteiger partial charge on any atom is 0.255 e. The van der Waals surface area contributed by atoms with Gasteiger partial charge in [0.25, 0.3) is 11.8 Å². The van der Waals surface area contributed by atoms with Crippen molar-refractivity contribution >= 4 is 58.2 Å². The first kappa shape index (κ1) is 22.2. The van der Waals surface area contributed by atoms with Gasteiger partial charge < -0.3 is 10.2 Å². The summed E-state index contributed by atoms with van der Waals surface area (Å²) in [6, 6.07) is 9.66. The average molecular weight is 475 g/mol. The molecule has 0 saturated carbocycles. The molecule has 154 valence electrons. The maximum atomic E-state index is 12.7. The van der Waals surface area contributed by atoms with E-state index in [1.165, 1.54) is 0 Å². The third-order valence-electron chi connectivity index (χ3n) is 4.71. The van der Waals surface area contributed by atoms with E-state index < -0.39 is 0 Å². The van der Waals surface area contributed by atoms with Crippen LogP contribution in [-0.2, 0) is 0 Å². The molecule has 0 spiro atoms. The summed E-state index contributed by atoms with van der Waals surface area (Å²) in [5.74, 6) is -0.338. The van der Waals surface area contributed by atoms with Crippen LogP contribution in [0, 0.1) is 0 Å². The van der Waals surface area contributed by atoms with Crippen molar-refractivity contribution in [1.29, 1.82) is 0 Å². The largest absolute Gasteiger partial charge is 0.351 e. The van der Waals surface area contributed by atoms with E-state index in [9.17, 15) is 9.59 Å². The Labute approximate surface area is 189 Å². The third kappa shape index (κ3) is 5.77. The van der Waals surface area contributed by atoms with Crippen molar-refractivity contribution in [3.63, 3.8) is 0 Å². The van der Waals surface area contributed by atoms with E-state index in [-0.39, 0.29) is 11.8 Å². The van der Waals surface area contributed by atoms with Gasteiger partial charge in [-0.15, -0.1) is 0 Å². The van der Waals surface area contributed by atoms with Crippen molar-refractivity contribution in [2.75, 3.05) is 39.3 Å². The van der Waals surface area contributed by atoms with Crippen LogP contribution in [0.2, 0.25) is 20.1 Å². The smallest absolute Gasteiger partial charge is 0.255 e. The first-order valence-electron chi connectivity index (χ1n) is 9.05. The normalized spacial score (nSPS) is 14.7. The average Bonchev–Trinajstić information content (AvgIpc) is 2.68. The Balaban J connectivity index is 1.45. The Morgan fingerprint density at radius 2 is 1.38 bits per heavy atom. The van der Waals surface area contributed by atoms with E-state index in [2.05, 4.69) is 10.2 Å². The molecular weight excluding hydrogens is 456 g/mol. The van der Waals surface area contributed by atoms with Crippen LogP contribution in [0.4, 0.5) is 0 Å². The summed E-state index contributed by atoms with van der Waals surface area (Å²) in [5.41, 5.74) is 0.850. The zero-order chi connectivity index (χ0) is 21.0. The highest BCUT2D eigenvalue weighted by Crippen LogP contribution is 2.23. The lowest BCUT2D eigenvalue weighted by molar-refractivity contribution is 0.0638. The number of piperazine rings is 1. The molecular formula is C20H19Cl4N3O2. The number of amides is 2. The van der Waals surface area contributed by atoms with Gasteiger partial charge >= 0.3 is 0 Å². The van der Waals surface area contributed by atoms with Crippen LogP contribution >= 0.6 is 46.4 Å². The number of nitrogens with zero attached hydrogens (tertiary/aromatic N) is 2. The molecule has 0 bridgehead atoms. The van der Waals surface area contributed by atoms with E-state index >= 15 is 0 Å². The molecule has 1 N–H and O–H groups in total. The van der Waals surface area contributed by atoms with Gasteiger partial charge in [-0.3, -0.25) is 14.5 Å². The number of carbonyl (C=O) groups is 2. The number of nitrogens with one attached hydrogen (secondary N) is 1. The Morgan fingerprint density at radius 1 is 0.828 bits per heavy atom. The van der Waals surface area contributed by atoms with Crippen LogP contribution in [0.15, 0.2) is 36.4 Å². The summed E-state index contributed by atoms with van der Waals surface area (Å²) in [6.07, 6.45) is 0. The minimum atomic E-state index is -0.238. The van der Waals surface area contributed by atoms with Gasteiger partial charge in [0.15, 0.2) is 0 Å². The Kier molecular flexibility index (Phi) is 7.66. The molecule has 9 heteroatoms. The van der Waals surface area contributed by atoms with Crippen molar-refractivity contribution in [3.8, 4) is 0 Å². The molecule has 1 saturated heterocycles. The molecule has 0 radical (unpaired) electrons. The van der Waals surface area contributed by atoms with E-state index in [1.807, 2.05) is 0 Å². The Bertz CT molecular complexity index is 912. The predicted molar refractivity (Wildman–Crippen MR) is 118 cm³/mol. The zero-order valence-corrected chi connectivity index (χ0v) is 18.5. The molecule has 2 amide bonds. The lowest BCUT2D eigenvalue weighted by atomic mass is 10.1. The van der Waals surface area contributed by atoms with Crippen molar-refractivity contribution < 1.29 is 9.59 Å². The van der Waals surface area contributed by atoms with Gasteiger partial charge in [0, 0.05) is 49.3 Å². The van der Waals surface area contributed by atoms with E-state index in [0.717, 1.165) is 0 Å². The summed E-state index contributed by atoms with van der Waals surface area (Å²) < 4.78 is 0. The fourth-order valence-corrected chi connectivity index (χ4v) is 4.09. The van der Waals surface area contributed by atoms with Crippen LogP contribution in [0.3, 0.4) is 0 Å². The minimum Gasteiger partial charge on any atom is -0.351 e. The van der Waals surface area contributed by atoms with Crippen molar-refractivity contribution in [1.82, 2.24) is 15.1 Å². The Morgan fingerprint density at radius 3 is 1.93 bits per heavy atom. The molecule has 1 aliphatic heterocycles. The lowest BCUT2D eigenvalue weighted by Gasteiger charge is -2.34. The lowest BCUT2D eigenvalue weighted by Crippen LogP contribution is -2.50. The summed E-state index contributed by atoms with van der Waals surface area (Å²) in [4.78, 5) is 28.9. The second kappa shape index (κ2) is 10.0. The van der Waals surface area contributed by atoms with Gasteiger partial charge in [-0.25, -0.2) is 0 Å². The van der Waals surface area contributed by atoms with Gasteiger partial charge in [-0.2, -0.15) is 0 Å². The van der Waals surface area contributed by atoms with E-state index in [1.54, 1.807) is 41.3 Å². The number of hydrogen-bond donors (Lipinski definition) is 1. The monoisotopic (exact) mass is 473 g/mol. The SMILES string of the molecule is O=C(NCCN1CCN(C(=O)c2ccc(Cl)cc2Cl)CC1)c1ccc(Cl)cc1Cl. The van der Waals surface area contributed by atoms with Crippen LogP contribution < -0.4 is 5.32 Å². The molecule has 3 rings (SSSR count). The van der Waals surface area contributed by atoms with Crippen molar-refractivity contribution in [2.24, 2.45) is 0 Å². The molecule has 2 aromatic rings. The molecule has 1 aliphatic rings. The summed E-state index contributed by atoms with van der Waals surface area (Å²) in [6.45, 7) is 3.78. The van der Waals surface area contributed by atoms with Gasteiger partial charge in [0.05, 0.1) is 21.2 Å². The van der Waals surface area contributed by atoms with Gasteiger partial charge in [-0.05, 0) is 36.4 Å². The van der Waals surface area contributed by atoms with Crippen molar-refractivity contribution in [2.45, 2.75) is 0 Å². The highest BCUT2D eigenvalue weighted by Gasteiger charge is 2.23. The first-order valence-corrected chi connectivity index (χ1v) is 10.6. The fourth-order valence-electron chi connectivity index (χ4n) is 3.10. The van der Waals surface area contributed by atoms with Crippen LogP contribution in [0.25, 0.3) is 0 Å². The fraction of sp³-hybridized carbons (Fsp3) is 0.300. The Hall–Kier alpha value is -1.50. The number of halogens is 4. The summed E-state index contributed by atoms with van der Waals surface area (Å²) in [5, 5.41) is 4.52. The van der Waals surface area contributed by atoms with E-state index in [4.69, 9.17) is 46.4 Å². The molecule has 0 aromatic heterocycles. The van der Waals surface area contributed by atoms with Crippen molar-refractivity contribution in [3.05, 3.63) is 67.6 Å². The van der Waals surface area contributed by atoms with Crippen LogP contribution in [-0.4, -0.2) is 60.9 Å². The number of carbonyl (C=O) groups excluding carboxylic acids is 2. The number of hydrogen-bond acceptors (Lipinski definition) is 3.